The lowest BCUT2D eigenvalue weighted by molar-refractivity contribution is 0.681. The standard InChI is InChI=1S/C14H12Cl2N2O2S2/c15-11-5-13(19)17(21-11)7-9-3-1-2-4-10(9)8-18-14(20)6-12(16)22-18/h5-8H,1-4H2. The van der Waals surface area contributed by atoms with Gasteiger partial charge in [0.2, 0.25) is 0 Å². The summed E-state index contributed by atoms with van der Waals surface area (Å²) in [5, 5.41) is 0. The lowest BCUT2D eigenvalue weighted by Gasteiger charge is -2.17. The maximum Gasteiger partial charge on any atom is 0.266 e. The van der Waals surface area contributed by atoms with Crippen LogP contribution in [0.25, 0.3) is 12.4 Å². The van der Waals surface area contributed by atoms with Crippen molar-refractivity contribution >= 4 is 58.7 Å². The lowest BCUT2D eigenvalue weighted by Crippen LogP contribution is -2.10. The molecule has 0 radical (unpaired) electrons. The van der Waals surface area contributed by atoms with E-state index in [4.69, 9.17) is 23.2 Å². The number of hydrogen-bond donors (Lipinski definition) is 0. The van der Waals surface area contributed by atoms with Crippen molar-refractivity contribution in [1.29, 1.82) is 0 Å². The van der Waals surface area contributed by atoms with Gasteiger partial charge in [0.1, 0.15) is 8.67 Å². The lowest BCUT2D eigenvalue weighted by atomic mass is 9.91. The molecule has 1 aliphatic carbocycles. The van der Waals surface area contributed by atoms with Crippen LogP contribution in [0.15, 0.2) is 32.9 Å². The van der Waals surface area contributed by atoms with Crippen LogP contribution in [-0.4, -0.2) is 7.91 Å². The molecule has 0 atom stereocenters. The molecule has 3 rings (SSSR count). The molecule has 0 saturated heterocycles. The Bertz CT molecular complexity index is 798. The van der Waals surface area contributed by atoms with Crippen LogP contribution in [-0.2, 0) is 0 Å². The van der Waals surface area contributed by atoms with Crippen molar-refractivity contribution in [3.63, 3.8) is 0 Å². The van der Waals surface area contributed by atoms with Crippen molar-refractivity contribution in [3.8, 4) is 0 Å². The van der Waals surface area contributed by atoms with Crippen LogP contribution in [0.5, 0.6) is 0 Å². The summed E-state index contributed by atoms with van der Waals surface area (Å²) in [5.41, 5.74) is 1.85. The third-order valence-corrected chi connectivity index (χ3v) is 5.56. The molecule has 2 aromatic heterocycles. The molecule has 8 heteroatoms. The first-order valence-electron chi connectivity index (χ1n) is 6.71. The fourth-order valence-corrected chi connectivity index (χ4v) is 4.32. The summed E-state index contributed by atoms with van der Waals surface area (Å²) in [6, 6.07) is 2.80. The van der Waals surface area contributed by atoms with E-state index in [0.29, 0.717) is 8.67 Å². The Morgan fingerprint density at radius 1 is 0.864 bits per heavy atom. The van der Waals surface area contributed by atoms with Crippen molar-refractivity contribution in [2.45, 2.75) is 25.7 Å². The van der Waals surface area contributed by atoms with Gasteiger partial charge in [-0.05, 0) is 59.9 Å². The molecule has 0 amide bonds. The third kappa shape index (κ3) is 3.46. The molecule has 1 fully saturated rings. The quantitative estimate of drug-likeness (QED) is 0.781. The molecule has 0 bridgehead atoms. The van der Waals surface area contributed by atoms with E-state index in [9.17, 15) is 9.59 Å². The van der Waals surface area contributed by atoms with Gasteiger partial charge in [0.25, 0.3) is 11.1 Å². The number of halogens is 2. The normalized spacial score (nSPS) is 19.2. The fourth-order valence-electron chi connectivity index (χ4n) is 2.36. The zero-order chi connectivity index (χ0) is 15.7. The Kier molecular flexibility index (Phi) is 4.73. The molecule has 1 aliphatic rings. The molecule has 116 valence electrons. The summed E-state index contributed by atoms with van der Waals surface area (Å²) in [6.07, 6.45) is 7.53. The second-order valence-electron chi connectivity index (χ2n) is 4.92. The largest absolute Gasteiger partial charge is 0.268 e. The number of aromatic nitrogens is 2. The highest BCUT2D eigenvalue weighted by molar-refractivity contribution is 7.11. The maximum atomic E-state index is 11.8. The van der Waals surface area contributed by atoms with Crippen molar-refractivity contribution < 1.29 is 0 Å². The van der Waals surface area contributed by atoms with Gasteiger partial charge in [0.15, 0.2) is 0 Å². The minimum Gasteiger partial charge on any atom is -0.268 e. The molecule has 0 N–H and O–H groups in total. The summed E-state index contributed by atoms with van der Waals surface area (Å²) in [7, 11) is 0. The summed E-state index contributed by atoms with van der Waals surface area (Å²) in [6.45, 7) is 0. The molecule has 1 saturated carbocycles. The first-order chi connectivity index (χ1) is 10.5. The minimum absolute atomic E-state index is 0.135. The molecule has 2 heterocycles. The van der Waals surface area contributed by atoms with E-state index in [0.717, 1.165) is 36.8 Å². The van der Waals surface area contributed by atoms with Gasteiger partial charge in [-0.25, -0.2) is 7.91 Å². The molecule has 4 nitrogen and oxygen atoms in total. The van der Waals surface area contributed by atoms with E-state index in [1.807, 2.05) is 12.4 Å². The van der Waals surface area contributed by atoms with Gasteiger partial charge < -0.3 is 0 Å². The SMILES string of the molecule is O=c1cc(Cl)sn1C=C1CCCCC1=Cn1sc(Cl)cc1=O. The van der Waals surface area contributed by atoms with Gasteiger partial charge in [-0.1, -0.05) is 23.2 Å². The highest BCUT2D eigenvalue weighted by atomic mass is 35.5. The van der Waals surface area contributed by atoms with E-state index in [1.165, 1.54) is 43.1 Å². The van der Waals surface area contributed by atoms with Gasteiger partial charge in [-0.2, -0.15) is 0 Å². The first kappa shape index (κ1) is 15.8. The number of rotatable bonds is 2. The van der Waals surface area contributed by atoms with Crippen LogP contribution in [0.2, 0.25) is 8.67 Å². The zero-order valence-electron chi connectivity index (χ0n) is 11.4. The predicted molar refractivity (Wildman–Crippen MR) is 94.2 cm³/mol. The topological polar surface area (TPSA) is 44.0 Å². The predicted octanol–water partition coefficient (Wildman–Crippen LogP) is 4.40. The van der Waals surface area contributed by atoms with Crippen molar-refractivity contribution in [2.24, 2.45) is 0 Å². The van der Waals surface area contributed by atoms with E-state index in [1.54, 1.807) is 0 Å². The van der Waals surface area contributed by atoms with Crippen molar-refractivity contribution in [1.82, 2.24) is 7.91 Å². The Morgan fingerprint density at radius 2 is 1.27 bits per heavy atom. The summed E-state index contributed by atoms with van der Waals surface area (Å²) >= 11 is 14.1. The van der Waals surface area contributed by atoms with Gasteiger partial charge in [-0.15, -0.1) is 0 Å². The number of allylic oxidation sites excluding steroid dienone is 2. The average Bonchev–Trinajstić information content (AvgIpc) is 2.94. The van der Waals surface area contributed by atoms with E-state index < -0.39 is 0 Å². The third-order valence-electron chi connectivity index (χ3n) is 3.38. The van der Waals surface area contributed by atoms with Crippen LogP contribution in [0, 0.1) is 0 Å². The van der Waals surface area contributed by atoms with Gasteiger partial charge in [-0.3, -0.25) is 9.59 Å². The van der Waals surface area contributed by atoms with Gasteiger partial charge in [0, 0.05) is 24.5 Å². The molecular formula is C14H12Cl2N2O2S2. The van der Waals surface area contributed by atoms with E-state index in [-0.39, 0.29) is 11.1 Å². The van der Waals surface area contributed by atoms with Crippen LogP contribution in [0.3, 0.4) is 0 Å². The van der Waals surface area contributed by atoms with Gasteiger partial charge in [0.05, 0.1) is 0 Å². The molecule has 22 heavy (non-hydrogen) atoms. The smallest absolute Gasteiger partial charge is 0.266 e. The Morgan fingerprint density at radius 3 is 1.59 bits per heavy atom. The van der Waals surface area contributed by atoms with Gasteiger partial charge >= 0.3 is 0 Å². The van der Waals surface area contributed by atoms with E-state index >= 15 is 0 Å². The highest BCUT2D eigenvalue weighted by Crippen LogP contribution is 2.30. The molecule has 0 aromatic carbocycles. The minimum atomic E-state index is -0.135. The average molecular weight is 375 g/mol. The zero-order valence-corrected chi connectivity index (χ0v) is 14.6. The molecular weight excluding hydrogens is 363 g/mol. The monoisotopic (exact) mass is 374 g/mol. The Labute approximate surface area is 144 Å². The molecule has 0 spiro atoms. The van der Waals surface area contributed by atoms with Crippen molar-refractivity contribution in [2.75, 3.05) is 0 Å². The Hall–Kier alpha value is -1.08. The molecule has 0 unspecified atom stereocenters. The van der Waals surface area contributed by atoms with Crippen LogP contribution >= 0.6 is 46.3 Å². The van der Waals surface area contributed by atoms with Crippen molar-refractivity contribution in [3.05, 3.63) is 52.7 Å². The van der Waals surface area contributed by atoms with E-state index in [2.05, 4.69) is 0 Å². The number of hydrogen-bond acceptors (Lipinski definition) is 4. The second-order valence-corrected chi connectivity index (χ2v) is 8.22. The van der Waals surface area contributed by atoms with Crippen LogP contribution in [0.4, 0.5) is 0 Å². The fraction of sp³-hybridized carbons (Fsp3) is 0.286. The molecule has 0 aliphatic heterocycles. The summed E-state index contributed by atoms with van der Waals surface area (Å²) < 4.78 is 3.98. The summed E-state index contributed by atoms with van der Waals surface area (Å²) in [4.78, 5) is 23.6. The maximum absolute atomic E-state index is 11.8. The first-order valence-corrected chi connectivity index (χ1v) is 9.02. The highest BCUT2D eigenvalue weighted by Gasteiger charge is 2.14. The van der Waals surface area contributed by atoms with Crippen LogP contribution < -0.4 is 11.1 Å². The number of nitrogens with zero attached hydrogens (tertiary/aromatic N) is 2. The Balaban J connectivity index is 2.01. The van der Waals surface area contributed by atoms with Crippen LogP contribution in [0.1, 0.15) is 25.7 Å². The second kappa shape index (κ2) is 6.58. The summed E-state index contributed by atoms with van der Waals surface area (Å²) in [5.74, 6) is 0. The molecule has 2 aromatic rings.